The standard InChI is InChI=1S/C22H35BrO2/c1-3-5-6-7-8-9-10-11-12-17-21(14-4-2)25-22(24)19-15-13-16-20(23)18-19/h13,15-16,18,21H,3-12,14,17H2,1-2H3. The van der Waals surface area contributed by atoms with Gasteiger partial charge < -0.3 is 4.74 Å². The molecule has 0 heterocycles. The lowest BCUT2D eigenvalue weighted by molar-refractivity contribution is 0.0253. The van der Waals surface area contributed by atoms with Crippen molar-refractivity contribution in [3.63, 3.8) is 0 Å². The number of rotatable bonds is 14. The van der Waals surface area contributed by atoms with Crippen molar-refractivity contribution in [1.82, 2.24) is 0 Å². The molecule has 25 heavy (non-hydrogen) atoms. The molecule has 2 nitrogen and oxygen atoms in total. The number of hydrogen-bond donors (Lipinski definition) is 0. The summed E-state index contributed by atoms with van der Waals surface area (Å²) in [5, 5.41) is 0. The third-order valence-electron chi connectivity index (χ3n) is 4.57. The molecule has 0 aliphatic rings. The molecular formula is C22H35BrO2. The Bertz CT molecular complexity index is 473. The maximum absolute atomic E-state index is 12.3. The molecule has 0 aliphatic heterocycles. The second kappa shape index (κ2) is 14.4. The lowest BCUT2D eigenvalue weighted by atomic mass is 10.0. The van der Waals surface area contributed by atoms with Crippen LogP contribution in [0.2, 0.25) is 0 Å². The van der Waals surface area contributed by atoms with Crippen molar-refractivity contribution in [2.24, 2.45) is 0 Å². The van der Waals surface area contributed by atoms with E-state index in [-0.39, 0.29) is 12.1 Å². The minimum Gasteiger partial charge on any atom is -0.459 e. The van der Waals surface area contributed by atoms with Gasteiger partial charge in [0, 0.05) is 4.47 Å². The Balaban J connectivity index is 2.22. The number of benzene rings is 1. The maximum atomic E-state index is 12.3. The van der Waals surface area contributed by atoms with Crippen molar-refractivity contribution in [3.05, 3.63) is 34.3 Å². The van der Waals surface area contributed by atoms with Crippen LogP contribution in [-0.2, 0) is 4.74 Å². The van der Waals surface area contributed by atoms with Crippen molar-refractivity contribution < 1.29 is 9.53 Å². The van der Waals surface area contributed by atoms with E-state index in [1.807, 2.05) is 24.3 Å². The van der Waals surface area contributed by atoms with Gasteiger partial charge >= 0.3 is 5.97 Å². The molecule has 1 unspecified atom stereocenters. The molecule has 0 amide bonds. The number of esters is 1. The highest BCUT2D eigenvalue weighted by atomic mass is 79.9. The fourth-order valence-corrected chi connectivity index (χ4v) is 3.50. The van der Waals surface area contributed by atoms with Crippen LogP contribution in [-0.4, -0.2) is 12.1 Å². The summed E-state index contributed by atoms with van der Waals surface area (Å²) in [5.74, 6) is -0.198. The average Bonchev–Trinajstić information content (AvgIpc) is 2.60. The number of carbonyl (C=O) groups excluding carboxylic acids is 1. The van der Waals surface area contributed by atoms with E-state index < -0.39 is 0 Å². The molecule has 0 bridgehead atoms. The molecule has 0 saturated carbocycles. The van der Waals surface area contributed by atoms with E-state index in [2.05, 4.69) is 29.8 Å². The van der Waals surface area contributed by atoms with E-state index in [0.717, 1.165) is 30.2 Å². The van der Waals surface area contributed by atoms with Crippen molar-refractivity contribution in [2.75, 3.05) is 0 Å². The van der Waals surface area contributed by atoms with Crippen molar-refractivity contribution in [3.8, 4) is 0 Å². The van der Waals surface area contributed by atoms with Crippen molar-refractivity contribution in [2.45, 2.75) is 97.0 Å². The van der Waals surface area contributed by atoms with Gasteiger partial charge in [-0.15, -0.1) is 0 Å². The van der Waals surface area contributed by atoms with Gasteiger partial charge in [0.15, 0.2) is 0 Å². The van der Waals surface area contributed by atoms with Crippen LogP contribution in [0.1, 0.15) is 101 Å². The third-order valence-corrected chi connectivity index (χ3v) is 5.07. The van der Waals surface area contributed by atoms with Crippen molar-refractivity contribution >= 4 is 21.9 Å². The molecule has 0 saturated heterocycles. The van der Waals surface area contributed by atoms with Crippen LogP contribution in [0.4, 0.5) is 0 Å². The Morgan fingerprint density at radius 2 is 1.56 bits per heavy atom. The van der Waals surface area contributed by atoms with E-state index in [1.54, 1.807) is 0 Å². The number of ether oxygens (including phenoxy) is 1. The van der Waals surface area contributed by atoms with Crippen molar-refractivity contribution in [1.29, 1.82) is 0 Å². The molecule has 142 valence electrons. The summed E-state index contributed by atoms with van der Waals surface area (Å²) in [7, 11) is 0. The highest BCUT2D eigenvalue weighted by Crippen LogP contribution is 2.18. The minimum absolute atomic E-state index is 0.0565. The topological polar surface area (TPSA) is 26.3 Å². The number of hydrogen-bond acceptors (Lipinski definition) is 2. The van der Waals surface area contributed by atoms with E-state index >= 15 is 0 Å². The van der Waals surface area contributed by atoms with Crippen LogP contribution >= 0.6 is 15.9 Å². The molecule has 1 atom stereocenters. The predicted molar refractivity (Wildman–Crippen MR) is 110 cm³/mol. The quantitative estimate of drug-likeness (QED) is 0.232. The summed E-state index contributed by atoms with van der Waals surface area (Å²) in [6.07, 6.45) is 15.0. The van der Waals surface area contributed by atoms with Gasteiger partial charge in [-0.05, 0) is 37.5 Å². The second-order valence-electron chi connectivity index (χ2n) is 6.94. The zero-order valence-corrected chi connectivity index (χ0v) is 17.7. The summed E-state index contributed by atoms with van der Waals surface area (Å²) >= 11 is 3.41. The molecule has 0 spiro atoms. The number of halogens is 1. The molecule has 0 radical (unpaired) electrons. The summed E-state index contributed by atoms with van der Waals surface area (Å²) in [5.41, 5.74) is 0.627. The predicted octanol–water partition coefficient (Wildman–Crippen LogP) is 7.70. The molecule has 0 aliphatic carbocycles. The molecule has 1 aromatic carbocycles. The largest absolute Gasteiger partial charge is 0.459 e. The first kappa shape index (κ1) is 22.2. The molecule has 1 rings (SSSR count). The van der Waals surface area contributed by atoms with Crippen LogP contribution in [0, 0.1) is 0 Å². The molecule has 0 fully saturated rings. The van der Waals surface area contributed by atoms with Crippen LogP contribution in [0.5, 0.6) is 0 Å². The molecule has 0 N–H and O–H groups in total. The summed E-state index contributed by atoms with van der Waals surface area (Å²) in [6, 6.07) is 7.43. The van der Waals surface area contributed by atoms with Gasteiger partial charge in [-0.1, -0.05) is 93.6 Å². The monoisotopic (exact) mass is 410 g/mol. The first-order chi connectivity index (χ1) is 12.2. The van der Waals surface area contributed by atoms with E-state index in [4.69, 9.17) is 4.74 Å². The Morgan fingerprint density at radius 3 is 2.16 bits per heavy atom. The van der Waals surface area contributed by atoms with Gasteiger partial charge in [0.1, 0.15) is 6.10 Å². The molecule has 0 aromatic heterocycles. The van der Waals surface area contributed by atoms with Crippen LogP contribution in [0.15, 0.2) is 28.7 Å². The Morgan fingerprint density at radius 1 is 0.920 bits per heavy atom. The first-order valence-electron chi connectivity index (χ1n) is 10.1. The fourth-order valence-electron chi connectivity index (χ4n) is 3.10. The second-order valence-corrected chi connectivity index (χ2v) is 7.86. The van der Waals surface area contributed by atoms with Crippen LogP contribution in [0.3, 0.4) is 0 Å². The lowest BCUT2D eigenvalue weighted by Gasteiger charge is -2.17. The van der Waals surface area contributed by atoms with Crippen LogP contribution in [0.25, 0.3) is 0 Å². The number of unbranched alkanes of at least 4 members (excludes halogenated alkanes) is 8. The Hall–Kier alpha value is -0.830. The van der Waals surface area contributed by atoms with E-state index in [9.17, 15) is 4.79 Å². The van der Waals surface area contributed by atoms with Gasteiger partial charge in [-0.3, -0.25) is 0 Å². The van der Waals surface area contributed by atoms with Gasteiger partial charge in [0.05, 0.1) is 5.56 Å². The Kier molecular flexibility index (Phi) is 12.8. The van der Waals surface area contributed by atoms with Gasteiger partial charge in [0.25, 0.3) is 0 Å². The zero-order chi connectivity index (χ0) is 18.3. The van der Waals surface area contributed by atoms with Gasteiger partial charge in [-0.25, -0.2) is 4.79 Å². The smallest absolute Gasteiger partial charge is 0.338 e. The van der Waals surface area contributed by atoms with Crippen LogP contribution < -0.4 is 0 Å². The van der Waals surface area contributed by atoms with Gasteiger partial charge in [-0.2, -0.15) is 0 Å². The average molecular weight is 411 g/mol. The highest BCUT2D eigenvalue weighted by molar-refractivity contribution is 9.10. The maximum Gasteiger partial charge on any atom is 0.338 e. The van der Waals surface area contributed by atoms with Gasteiger partial charge in [0.2, 0.25) is 0 Å². The molecule has 3 heteroatoms. The SMILES string of the molecule is CCCCCCCCCCCC(CCC)OC(=O)c1cccc(Br)c1. The minimum atomic E-state index is -0.198. The number of carbonyl (C=O) groups is 1. The zero-order valence-electron chi connectivity index (χ0n) is 16.1. The van der Waals surface area contributed by atoms with E-state index in [1.165, 1.54) is 51.4 Å². The normalized spacial score (nSPS) is 12.1. The summed E-state index contributed by atoms with van der Waals surface area (Å²) < 4.78 is 6.65. The summed E-state index contributed by atoms with van der Waals surface area (Å²) in [6.45, 7) is 4.41. The Labute approximate surface area is 162 Å². The molecular weight excluding hydrogens is 376 g/mol. The fraction of sp³-hybridized carbons (Fsp3) is 0.682. The highest BCUT2D eigenvalue weighted by Gasteiger charge is 2.15. The summed E-state index contributed by atoms with van der Waals surface area (Å²) in [4.78, 5) is 12.3. The third kappa shape index (κ3) is 10.7. The first-order valence-corrected chi connectivity index (χ1v) is 10.9. The van der Waals surface area contributed by atoms with E-state index in [0.29, 0.717) is 5.56 Å². The lowest BCUT2D eigenvalue weighted by Crippen LogP contribution is -2.18. The molecule has 1 aromatic rings.